The summed E-state index contributed by atoms with van der Waals surface area (Å²) in [6.07, 6.45) is 1.07. The second-order valence-corrected chi connectivity index (χ2v) is 5.28. The summed E-state index contributed by atoms with van der Waals surface area (Å²) in [7, 11) is 0. The number of hydrogen-bond donors (Lipinski definition) is 3. The summed E-state index contributed by atoms with van der Waals surface area (Å²) in [5, 5.41) is 10.1. The van der Waals surface area contributed by atoms with Crippen molar-refractivity contribution in [3.05, 3.63) is 11.1 Å². The summed E-state index contributed by atoms with van der Waals surface area (Å²) < 4.78 is 0. The van der Waals surface area contributed by atoms with E-state index in [9.17, 15) is 14.4 Å². The van der Waals surface area contributed by atoms with Crippen LogP contribution in [0.15, 0.2) is 5.38 Å². The summed E-state index contributed by atoms with van der Waals surface area (Å²) in [6.45, 7) is 2.43. The predicted molar refractivity (Wildman–Crippen MR) is 74.3 cm³/mol. The molecule has 2 rings (SSSR count). The average molecular weight is 296 g/mol. The van der Waals surface area contributed by atoms with E-state index in [1.165, 1.54) is 11.3 Å². The van der Waals surface area contributed by atoms with Crippen molar-refractivity contribution in [2.24, 2.45) is 0 Å². The van der Waals surface area contributed by atoms with Crippen LogP contribution in [0.2, 0.25) is 0 Å². The van der Waals surface area contributed by atoms with Gasteiger partial charge < -0.3 is 16.0 Å². The molecule has 1 aromatic rings. The molecule has 0 radical (unpaired) electrons. The van der Waals surface area contributed by atoms with Crippen molar-refractivity contribution in [2.75, 3.05) is 11.9 Å². The molecule has 1 fully saturated rings. The third-order valence-electron chi connectivity index (χ3n) is 2.81. The number of amides is 3. The highest BCUT2D eigenvalue weighted by atomic mass is 32.1. The minimum atomic E-state index is -0.488. The zero-order chi connectivity index (χ0) is 14.5. The quantitative estimate of drug-likeness (QED) is 0.714. The van der Waals surface area contributed by atoms with Crippen molar-refractivity contribution >= 4 is 34.2 Å². The van der Waals surface area contributed by atoms with Crippen LogP contribution < -0.4 is 16.0 Å². The van der Waals surface area contributed by atoms with Crippen LogP contribution in [-0.4, -0.2) is 35.3 Å². The topological polar surface area (TPSA) is 100 Å². The Hall–Kier alpha value is -1.96. The first-order valence-corrected chi connectivity index (χ1v) is 7.27. The molecule has 8 heteroatoms. The van der Waals surface area contributed by atoms with Crippen LogP contribution in [0.25, 0.3) is 0 Å². The lowest BCUT2D eigenvalue weighted by molar-refractivity contribution is -0.122. The largest absolute Gasteiger partial charge is 0.356 e. The third kappa shape index (κ3) is 3.77. The third-order valence-corrected chi connectivity index (χ3v) is 3.62. The molecule has 1 aromatic heterocycles. The van der Waals surface area contributed by atoms with Crippen LogP contribution in [0.1, 0.15) is 25.5 Å². The van der Waals surface area contributed by atoms with Crippen molar-refractivity contribution in [1.82, 2.24) is 15.6 Å². The van der Waals surface area contributed by atoms with E-state index < -0.39 is 6.04 Å². The summed E-state index contributed by atoms with van der Waals surface area (Å²) in [5.74, 6) is -0.477. The summed E-state index contributed by atoms with van der Waals surface area (Å²) in [6, 6.07) is -0.488. The molecule has 0 saturated carbocycles. The van der Waals surface area contributed by atoms with E-state index in [2.05, 4.69) is 20.9 Å². The zero-order valence-corrected chi connectivity index (χ0v) is 11.9. The first-order chi connectivity index (χ1) is 9.58. The van der Waals surface area contributed by atoms with Gasteiger partial charge >= 0.3 is 0 Å². The van der Waals surface area contributed by atoms with E-state index in [0.717, 1.165) is 0 Å². The van der Waals surface area contributed by atoms with Crippen LogP contribution in [0.4, 0.5) is 5.13 Å². The Balaban J connectivity index is 1.87. The van der Waals surface area contributed by atoms with E-state index in [4.69, 9.17) is 0 Å². The molecule has 7 nitrogen and oxygen atoms in total. The van der Waals surface area contributed by atoms with Gasteiger partial charge in [-0.05, 0) is 13.3 Å². The number of aromatic nitrogens is 1. The lowest BCUT2D eigenvalue weighted by Gasteiger charge is -2.08. The van der Waals surface area contributed by atoms with E-state index in [0.29, 0.717) is 30.2 Å². The molecule has 108 valence electrons. The van der Waals surface area contributed by atoms with Crippen LogP contribution in [0, 0.1) is 0 Å². The molecule has 0 aromatic carbocycles. The molecule has 1 atom stereocenters. The molecule has 20 heavy (non-hydrogen) atoms. The van der Waals surface area contributed by atoms with E-state index in [-0.39, 0.29) is 24.1 Å². The Labute approximate surface area is 120 Å². The number of rotatable bonds is 5. The fraction of sp³-hybridized carbons (Fsp3) is 0.500. The van der Waals surface area contributed by atoms with Gasteiger partial charge in [-0.15, -0.1) is 11.3 Å². The van der Waals surface area contributed by atoms with Crippen LogP contribution in [-0.2, 0) is 20.8 Å². The van der Waals surface area contributed by atoms with Gasteiger partial charge in [-0.25, -0.2) is 4.98 Å². The second kappa shape index (κ2) is 6.47. The SMILES string of the molecule is CCNC(=O)Cc1csc(NC(=O)C2CCC(=O)N2)n1. The van der Waals surface area contributed by atoms with Crippen molar-refractivity contribution < 1.29 is 14.4 Å². The molecule has 0 spiro atoms. The molecule has 0 bridgehead atoms. The minimum absolute atomic E-state index is 0.0984. The molecule has 3 N–H and O–H groups in total. The fourth-order valence-electron chi connectivity index (χ4n) is 1.87. The second-order valence-electron chi connectivity index (χ2n) is 4.42. The standard InChI is InChI=1S/C12H16N4O3S/c1-2-13-10(18)5-7-6-20-12(14-7)16-11(19)8-3-4-9(17)15-8/h6,8H,2-5H2,1H3,(H,13,18)(H,15,17)(H,14,16,19). The van der Waals surface area contributed by atoms with Gasteiger partial charge in [0.2, 0.25) is 17.7 Å². The molecule has 0 aliphatic carbocycles. The Kier molecular flexibility index (Phi) is 4.67. The Morgan fingerprint density at radius 2 is 2.35 bits per heavy atom. The molecular formula is C12H16N4O3S. The molecule has 2 heterocycles. The van der Waals surface area contributed by atoms with Crippen LogP contribution in [0.3, 0.4) is 0 Å². The number of hydrogen-bond acceptors (Lipinski definition) is 5. The number of carbonyl (C=O) groups excluding carboxylic acids is 3. The van der Waals surface area contributed by atoms with Crippen molar-refractivity contribution in [2.45, 2.75) is 32.2 Å². The number of anilines is 1. The lowest BCUT2D eigenvalue weighted by Crippen LogP contribution is -2.37. The van der Waals surface area contributed by atoms with Gasteiger partial charge in [0, 0.05) is 18.3 Å². The van der Waals surface area contributed by atoms with Gasteiger partial charge in [0.25, 0.3) is 0 Å². The molecule has 3 amide bonds. The minimum Gasteiger partial charge on any atom is -0.356 e. The molecular weight excluding hydrogens is 280 g/mol. The molecule has 1 aliphatic heterocycles. The number of thiazole rings is 1. The van der Waals surface area contributed by atoms with Gasteiger partial charge in [0.15, 0.2) is 5.13 Å². The van der Waals surface area contributed by atoms with Gasteiger partial charge in [0.1, 0.15) is 6.04 Å². The first-order valence-electron chi connectivity index (χ1n) is 6.40. The van der Waals surface area contributed by atoms with E-state index in [1.54, 1.807) is 5.38 Å². The summed E-state index contributed by atoms with van der Waals surface area (Å²) >= 11 is 1.26. The number of likely N-dealkylation sites (N-methyl/N-ethyl adjacent to an activating group) is 1. The predicted octanol–water partition coefficient (Wildman–Crippen LogP) is 0.0388. The Morgan fingerprint density at radius 3 is 3.00 bits per heavy atom. The first kappa shape index (κ1) is 14.4. The molecule has 1 saturated heterocycles. The summed E-state index contributed by atoms with van der Waals surface area (Å²) in [4.78, 5) is 38.5. The number of carbonyl (C=O) groups is 3. The highest BCUT2D eigenvalue weighted by Crippen LogP contribution is 2.17. The van der Waals surface area contributed by atoms with E-state index >= 15 is 0 Å². The van der Waals surface area contributed by atoms with Crippen LogP contribution >= 0.6 is 11.3 Å². The maximum atomic E-state index is 11.9. The molecule has 1 unspecified atom stereocenters. The normalized spacial score (nSPS) is 17.6. The Morgan fingerprint density at radius 1 is 1.55 bits per heavy atom. The maximum Gasteiger partial charge on any atom is 0.248 e. The van der Waals surface area contributed by atoms with Crippen molar-refractivity contribution in [3.63, 3.8) is 0 Å². The Bertz CT molecular complexity index is 529. The van der Waals surface area contributed by atoms with Gasteiger partial charge in [-0.1, -0.05) is 0 Å². The summed E-state index contributed by atoms with van der Waals surface area (Å²) in [5.41, 5.74) is 0.617. The number of nitrogens with one attached hydrogen (secondary N) is 3. The van der Waals surface area contributed by atoms with Crippen molar-refractivity contribution in [3.8, 4) is 0 Å². The highest BCUT2D eigenvalue weighted by Gasteiger charge is 2.27. The monoisotopic (exact) mass is 296 g/mol. The lowest BCUT2D eigenvalue weighted by atomic mass is 10.2. The van der Waals surface area contributed by atoms with Gasteiger partial charge in [0.05, 0.1) is 12.1 Å². The van der Waals surface area contributed by atoms with E-state index in [1.807, 2.05) is 6.92 Å². The van der Waals surface area contributed by atoms with Gasteiger partial charge in [-0.3, -0.25) is 14.4 Å². The molecule has 1 aliphatic rings. The smallest absolute Gasteiger partial charge is 0.248 e. The zero-order valence-electron chi connectivity index (χ0n) is 11.1. The van der Waals surface area contributed by atoms with Crippen LogP contribution in [0.5, 0.6) is 0 Å². The maximum absolute atomic E-state index is 11.9. The number of nitrogens with zero attached hydrogens (tertiary/aromatic N) is 1. The highest BCUT2D eigenvalue weighted by molar-refractivity contribution is 7.13. The van der Waals surface area contributed by atoms with Crippen molar-refractivity contribution in [1.29, 1.82) is 0 Å². The fourth-order valence-corrected chi connectivity index (χ4v) is 2.59. The average Bonchev–Trinajstić information content (AvgIpc) is 2.99. The van der Waals surface area contributed by atoms with Gasteiger partial charge in [-0.2, -0.15) is 0 Å².